The molecule has 1 atom stereocenters. The van der Waals surface area contributed by atoms with Crippen molar-refractivity contribution in [3.8, 4) is 5.75 Å². The summed E-state index contributed by atoms with van der Waals surface area (Å²) in [7, 11) is 1.73. The summed E-state index contributed by atoms with van der Waals surface area (Å²) in [5.74, 6) is 3.09. The normalized spacial score (nSPS) is 12.9. The number of halogens is 1. The van der Waals surface area contributed by atoms with E-state index >= 15 is 0 Å². The van der Waals surface area contributed by atoms with E-state index in [4.69, 9.17) is 20.9 Å². The van der Waals surface area contributed by atoms with Gasteiger partial charge in [-0.05, 0) is 31.2 Å². The van der Waals surface area contributed by atoms with E-state index in [1.165, 1.54) is 0 Å². The summed E-state index contributed by atoms with van der Waals surface area (Å²) >= 11 is 5.87. The number of hydrogen-bond acceptors (Lipinski definition) is 5. The van der Waals surface area contributed by atoms with Crippen molar-refractivity contribution in [1.82, 2.24) is 20.8 Å². The monoisotopic (exact) mass is 379 g/mol. The van der Waals surface area contributed by atoms with Crippen molar-refractivity contribution >= 4 is 17.6 Å². The smallest absolute Gasteiger partial charge is 0.228 e. The van der Waals surface area contributed by atoms with E-state index in [1.807, 2.05) is 32.9 Å². The highest BCUT2D eigenvalue weighted by Gasteiger charge is 2.10. The number of benzene rings is 1. The van der Waals surface area contributed by atoms with Gasteiger partial charge in [-0.25, -0.2) is 0 Å². The van der Waals surface area contributed by atoms with Crippen LogP contribution in [0.1, 0.15) is 38.4 Å². The van der Waals surface area contributed by atoms with Gasteiger partial charge in [0.1, 0.15) is 11.9 Å². The largest absolute Gasteiger partial charge is 0.489 e. The molecule has 0 bridgehead atoms. The fraction of sp³-hybridized carbons (Fsp3) is 0.500. The number of nitrogens with one attached hydrogen (secondary N) is 2. The van der Waals surface area contributed by atoms with E-state index in [2.05, 4.69) is 25.8 Å². The van der Waals surface area contributed by atoms with Crippen molar-refractivity contribution in [1.29, 1.82) is 0 Å². The van der Waals surface area contributed by atoms with Gasteiger partial charge >= 0.3 is 0 Å². The number of nitrogens with zero attached hydrogens (tertiary/aromatic N) is 3. The van der Waals surface area contributed by atoms with Crippen LogP contribution in [0.4, 0.5) is 0 Å². The molecule has 0 amide bonds. The van der Waals surface area contributed by atoms with E-state index in [0.29, 0.717) is 36.4 Å². The number of guanidine groups is 1. The second-order valence-electron chi connectivity index (χ2n) is 6.21. The molecule has 0 fully saturated rings. The quantitative estimate of drug-likeness (QED) is 0.541. The lowest BCUT2D eigenvalue weighted by atomic mass is 10.2. The third kappa shape index (κ3) is 6.55. The summed E-state index contributed by atoms with van der Waals surface area (Å²) in [5.41, 5.74) is 0. The van der Waals surface area contributed by atoms with E-state index in [9.17, 15) is 0 Å². The maximum atomic E-state index is 5.87. The number of aliphatic imine (C=N–C) groups is 1. The van der Waals surface area contributed by atoms with E-state index in [1.54, 1.807) is 19.2 Å². The third-order valence-electron chi connectivity index (χ3n) is 3.56. The van der Waals surface area contributed by atoms with Crippen LogP contribution in [0.15, 0.2) is 33.8 Å². The van der Waals surface area contributed by atoms with Gasteiger partial charge in [-0.1, -0.05) is 30.6 Å². The molecule has 26 heavy (non-hydrogen) atoms. The Labute approximate surface area is 159 Å². The van der Waals surface area contributed by atoms with Crippen molar-refractivity contribution in [3.63, 3.8) is 0 Å². The van der Waals surface area contributed by atoms with Gasteiger partial charge in [0.2, 0.25) is 5.89 Å². The highest BCUT2D eigenvalue weighted by atomic mass is 35.5. The molecule has 1 heterocycles. The van der Waals surface area contributed by atoms with E-state index < -0.39 is 0 Å². The zero-order chi connectivity index (χ0) is 18.9. The van der Waals surface area contributed by atoms with E-state index in [-0.39, 0.29) is 12.0 Å². The Bertz CT molecular complexity index is 700. The summed E-state index contributed by atoms with van der Waals surface area (Å²) in [4.78, 5) is 8.55. The lowest BCUT2D eigenvalue weighted by Crippen LogP contribution is -2.42. The molecule has 2 rings (SSSR count). The molecule has 2 N–H and O–H groups in total. The predicted molar refractivity (Wildman–Crippen MR) is 103 cm³/mol. The SMILES string of the molecule is CN=C(NCCc1nc(C(C)C)no1)NCC(C)Oc1ccc(Cl)cc1. The Balaban J connectivity index is 1.70. The van der Waals surface area contributed by atoms with Crippen molar-refractivity contribution < 1.29 is 9.26 Å². The zero-order valence-electron chi connectivity index (χ0n) is 15.6. The summed E-state index contributed by atoms with van der Waals surface area (Å²) in [6.45, 7) is 7.31. The maximum absolute atomic E-state index is 5.87. The minimum atomic E-state index is -0.0285. The second kappa shape index (κ2) is 10.0. The maximum Gasteiger partial charge on any atom is 0.228 e. The standard InChI is InChI=1S/C18H26ClN5O2/c1-12(2)17-23-16(26-24-17)9-10-21-18(20-4)22-11-13(3)25-15-7-5-14(19)6-8-15/h5-8,12-13H,9-11H2,1-4H3,(H2,20,21,22). The summed E-state index contributed by atoms with van der Waals surface area (Å²) in [6, 6.07) is 7.31. The van der Waals surface area contributed by atoms with Crippen molar-refractivity contribution in [2.24, 2.45) is 4.99 Å². The number of aromatic nitrogens is 2. The molecule has 0 radical (unpaired) electrons. The lowest BCUT2D eigenvalue weighted by Gasteiger charge is -2.17. The van der Waals surface area contributed by atoms with Gasteiger partial charge in [0.15, 0.2) is 11.8 Å². The molecular weight excluding hydrogens is 354 g/mol. The molecule has 7 nitrogen and oxygen atoms in total. The molecule has 0 spiro atoms. The molecule has 8 heteroatoms. The van der Waals surface area contributed by atoms with Crippen LogP contribution in [-0.2, 0) is 6.42 Å². The van der Waals surface area contributed by atoms with E-state index in [0.717, 1.165) is 11.6 Å². The predicted octanol–water partition coefficient (Wildman–Crippen LogP) is 3.02. The van der Waals surface area contributed by atoms with Crippen molar-refractivity contribution in [2.45, 2.75) is 39.2 Å². The minimum Gasteiger partial charge on any atom is -0.489 e. The number of hydrogen-bond donors (Lipinski definition) is 2. The number of rotatable bonds is 8. The van der Waals surface area contributed by atoms with Gasteiger partial charge in [-0.3, -0.25) is 4.99 Å². The summed E-state index contributed by atoms with van der Waals surface area (Å²) in [6.07, 6.45) is 0.608. The van der Waals surface area contributed by atoms with Gasteiger partial charge in [-0.2, -0.15) is 4.98 Å². The Morgan fingerprint density at radius 2 is 1.96 bits per heavy atom. The molecule has 0 aliphatic rings. The molecule has 0 saturated carbocycles. The molecule has 1 aromatic carbocycles. The molecule has 1 aromatic heterocycles. The van der Waals surface area contributed by atoms with Gasteiger partial charge in [-0.15, -0.1) is 0 Å². The molecule has 0 saturated heterocycles. The van der Waals surface area contributed by atoms with Crippen LogP contribution >= 0.6 is 11.6 Å². The highest BCUT2D eigenvalue weighted by molar-refractivity contribution is 6.30. The molecule has 0 aliphatic carbocycles. The van der Waals surface area contributed by atoms with Gasteiger partial charge in [0.25, 0.3) is 0 Å². The first-order chi connectivity index (χ1) is 12.5. The van der Waals surface area contributed by atoms with Crippen molar-refractivity contribution in [3.05, 3.63) is 41.0 Å². The van der Waals surface area contributed by atoms with Gasteiger partial charge in [0, 0.05) is 31.0 Å². The summed E-state index contributed by atoms with van der Waals surface area (Å²) in [5, 5.41) is 11.1. The average molecular weight is 380 g/mol. The first-order valence-corrected chi connectivity index (χ1v) is 9.05. The first-order valence-electron chi connectivity index (χ1n) is 8.67. The molecule has 142 valence electrons. The van der Waals surface area contributed by atoms with Crippen LogP contribution in [-0.4, -0.2) is 42.3 Å². The molecule has 2 aromatic rings. The second-order valence-corrected chi connectivity index (χ2v) is 6.65. The Morgan fingerprint density at radius 1 is 1.23 bits per heavy atom. The number of ether oxygens (including phenoxy) is 1. The first kappa shape index (κ1) is 20.0. The van der Waals surface area contributed by atoms with Gasteiger partial charge < -0.3 is 19.9 Å². The Morgan fingerprint density at radius 3 is 2.58 bits per heavy atom. The topological polar surface area (TPSA) is 84.6 Å². The van der Waals surface area contributed by atoms with Crippen LogP contribution in [0.25, 0.3) is 0 Å². The van der Waals surface area contributed by atoms with Crippen molar-refractivity contribution in [2.75, 3.05) is 20.1 Å². The van der Waals surface area contributed by atoms with Crippen LogP contribution in [0.3, 0.4) is 0 Å². The molecule has 1 unspecified atom stereocenters. The fourth-order valence-corrected chi connectivity index (χ4v) is 2.27. The average Bonchev–Trinajstić information content (AvgIpc) is 3.09. The zero-order valence-corrected chi connectivity index (χ0v) is 16.4. The Kier molecular flexibility index (Phi) is 7.72. The highest BCUT2D eigenvalue weighted by Crippen LogP contribution is 2.16. The third-order valence-corrected chi connectivity index (χ3v) is 3.81. The molecule has 0 aliphatic heterocycles. The fourth-order valence-electron chi connectivity index (χ4n) is 2.14. The van der Waals surface area contributed by atoms with Crippen LogP contribution < -0.4 is 15.4 Å². The minimum absolute atomic E-state index is 0.0285. The van der Waals surface area contributed by atoms with Gasteiger partial charge in [0.05, 0.1) is 6.54 Å². The Hall–Kier alpha value is -2.28. The van der Waals surface area contributed by atoms with Crippen LogP contribution in [0.2, 0.25) is 5.02 Å². The van der Waals surface area contributed by atoms with Crippen LogP contribution in [0, 0.1) is 0 Å². The molecular formula is C18H26ClN5O2. The summed E-state index contributed by atoms with van der Waals surface area (Å²) < 4.78 is 11.0. The lowest BCUT2D eigenvalue weighted by molar-refractivity contribution is 0.224. The van der Waals surface area contributed by atoms with Crippen LogP contribution in [0.5, 0.6) is 5.75 Å².